The molecule has 1 aliphatic rings. The number of benzene rings is 1. The molecule has 0 saturated heterocycles. The fourth-order valence-corrected chi connectivity index (χ4v) is 2.20. The van der Waals surface area contributed by atoms with E-state index in [0.717, 1.165) is 28.7 Å². The van der Waals surface area contributed by atoms with Crippen LogP contribution in [0, 0.1) is 0 Å². The predicted octanol–water partition coefficient (Wildman–Crippen LogP) is 3.67. The first-order chi connectivity index (χ1) is 10.7. The molecular formula is C18H19N3O. The second-order valence-electron chi connectivity index (χ2n) is 4.90. The number of fused-ring (bicyclic) bond motifs is 1. The third kappa shape index (κ3) is 3.67. The molecule has 0 amide bonds. The van der Waals surface area contributed by atoms with Crippen LogP contribution in [0.3, 0.4) is 0 Å². The summed E-state index contributed by atoms with van der Waals surface area (Å²) in [5.41, 5.74) is 10.2. The summed E-state index contributed by atoms with van der Waals surface area (Å²) in [7, 11) is 0. The van der Waals surface area contributed by atoms with Crippen molar-refractivity contribution >= 4 is 35.7 Å². The molecule has 1 aliphatic heterocycles. The molecule has 4 heteroatoms. The summed E-state index contributed by atoms with van der Waals surface area (Å²) in [5.74, 6) is 0.443. The molecule has 4 nitrogen and oxygen atoms in total. The van der Waals surface area contributed by atoms with Gasteiger partial charge in [-0.05, 0) is 37.1 Å². The van der Waals surface area contributed by atoms with E-state index in [0.29, 0.717) is 17.8 Å². The molecule has 0 atom stereocenters. The highest BCUT2D eigenvalue weighted by Crippen LogP contribution is 2.29. The SMILES string of the molecule is C\C=C/N=C\C(=C/C)c1ccc2c(c1)N=C(N)CC(C=O)=C2. The topological polar surface area (TPSA) is 67.8 Å². The average Bonchev–Trinajstić information content (AvgIpc) is 2.68. The second kappa shape index (κ2) is 7.31. The van der Waals surface area contributed by atoms with Crippen molar-refractivity contribution in [1.82, 2.24) is 0 Å². The molecule has 0 bridgehead atoms. The molecule has 1 aromatic carbocycles. The van der Waals surface area contributed by atoms with Gasteiger partial charge in [-0.15, -0.1) is 0 Å². The summed E-state index contributed by atoms with van der Waals surface area (Å²) in [4.78, 5) is 19.6. The Morgan fingerprint density at radius 1 is 1.36 bits per heavy atom. The summed E-state index contributed by atoms with van der Waals surface area (Å²) in [6.07, 6.45) is 10.4. The Morgan fingerprint density at radius 3 is 2.86 bits per heavy atom. The Morgan fingerprint density at radius 2 is 2.18 bits per heavy atom. The maximum atomic E-state index is 11.0. The summed E-state index contributed by atoms with van der Waals surface area (Å²) in [6, 6.07) is 5.90. The van der Waals surface area contributed by atoms with Gasteiger partial charge in [0, 0.05) is 30.0 Å². The lowest BCUT2D eigenvalue weighted by molar-refractivity contribution is -0.104. The summed E-state index contributed by atoms with van der Waals surface area (Å²) < 4.78 is 0. The van der Waals surface area contributed by atoms with Crippen molar-refractivity contribution in [1.29, 1.82) is 0 Å². The van der Waals surface area contributed by atoms with E-state index in [4.69, 9.17) is 5.73 Å². The third-order valence-corrected chi connectivity index (χ3v) is 3.27. The van der Waals surface area contributed by atoms with Gasteiger partial charge in [-0.3, -0.25) is 9.79 Å². The number of nitrogens with zero attached hydrogens (tertiary/aromatic N) is 2. The maximum Gasteiger partial charge on any atom is 0.146 e. The van der Waals surface area contributed by atoms with Gasteiger partial charge in [0.05, 0.1) is 5.69 Å². The number of nitrogens with two attached hydrogens (primary N) is 1. The molecule has 0 radical (unpaired) electrons. The fourth-order valence-electron chi connectivity index (χ4n) is 2.20. The number of carbonyl (C=O) groups excluding carboxylic acids is 1. The average molecular weight is 293 g/mol. The summed E-state index contributed by atoms with van der Waals surface area (Å²) in [5, 5.41) is 0. The number of aldehydes is 1. The van der Waals surface area contributed by atoms with E-state index in [1.807, 2.05) is 50.3 Å². The van der Waals surface area contributed by atoms with Gasteiger partial charge in [0.15, 0.2) is 0 Å². The molecule has 22 heavy (non-hydrogen) atoms. The number of allylic oxidation sites excluding steroid dienone is 3. The highest BCUT2D eigenvalue weighted by Gasteiger charge is 2.10. The van der Waals surface area contributed by atoms with Crippen molar-refractivity contribution in [2.24, 2.45) is 15.7 Å². The lowest BCUT2D eigenvalue weighted by Crippen LogP contribution is -2.11. The Balaban J connectivity index is 2.46. The first-order valence-corrected chi connectivity index (χ1v) is 7.11. The molecule has 0 aromatic heterocycles. The summed E-state index contributed by atoms with van der Waals surface area (Å²) >= 11 is 0. The maximum absolute atomic E-state index is 11.0. The van der Waals surface area contributed by atoms with Crippen LogP contribution in [-0.4, -0.2) is 18.3 Å². The minimum atomic E-state index is 0.382. The standard InChI is InChI=1S/C18H19N3O/c1-3-7-20-11-14(4-2)15-5-6-16-8-13(12-22)9-18(19)21-17(16)10-15/h3-8,10-12H,9H2,1-2H3,(H2,19,21)/b7-3-,14-4+,20-11-. The lowest BCUT2D eigenvalue weighted by atomic mass is 10.0. The molecule has 112 valence electrons. The van der Waals surface area contributed by atoms with Crippen molar-refractivity contribution in [2.45, 2.75) is 20.3 Å². The number of amidine groups is 1. The van der Waals surface area contributed by atoms with Crippen LogP contribution in [-0.2, 0) is 4.79 Å². The molecule has 0 fully saturated rings. The predicted molar refractivity (Wildman–Crippen MR) is 93.3 cm³/mol. The minimum absolute atomic E-state index is 0.382. The second-order valence-corrected chi connectivity index (χ2v) is 4.90. The Bertz CT molecular complexity index is 722. The van der Waals surface area contributed by atoms with Gasteiger partial charge in [-0.1, -0.05) is 24.3 Å². The summed E-state index contributed by atoms with van der Waals surface area (Å²) in [6.45, 7) is 3.88. The van der Waals surface area contributed by atoms with Crippen molar-refractivity contribution in [3.63, 3.8) is 0 Å². The monoisotopic (exact) mass is 293 g/mol. The largest absolute Gasteiger partial charge is 0.387 e. The normalized spacial score (nSPS) is 15.5. The quantitative estimate of drug-likeness (QED) is 0.679. The van der Waals surface area contributed by atoms with E-state index < -0.39 is 0 Å². The van der Waals surface area contributed by atoms with Crippen LogP contribution in [0.1, 0.15) is 31.4 Å². The zero-order valence-electron chi connectivity index (χ0n) is 12.8. The number of hydrogen-bond acceptors (Lipinski definition) is 4. The van der Waals surface area contributed by atoms with Crippen LogP contribution < -0.4 is 5.73 Å². The third-order valence-electron chi connectivity index (χ3n) is 3.27. The van der Waals surface area contributed by atoms with Crippen molar-refractivity contribution < 1.29 is 4.79 Å². The van der Waals surface area contributed by atoms with Gasteiger partial charge in [0.2, 0.25) is 0 Å². The number of aliphatic imine (C=N–C) groups is 2. The molecule has 0 saturated carbocycles. The molecule has 1 aromatic rings. The van der Waals surface area contributed by atoms with Crippen molar-refractivity contribution in [2.75, 3.05) is 0 Å². The van der Waals surface area contributed by atoms with E-state index in [9.17, 15) is 4.79 Å². The van der Waals surface area contributed by atoms with Crippen molar-refractivity contribution in [3.05, 3.63) is 53.3 Å². The van der Waals surface area contributed by atoms with Crippen LogP contribution in [0.15, 0.2) is 52.1 Å². The zero-order valence-corrected chi connectivity index (χ0v) is 12.8. The molecule has 0 unspecified atom stereocenters. The fraction of sp³-hybridized carbons (Fsp3) is 0.167. The lowest BCUT2D eigenvalue weighted by Gasteiger charge is -2.06. The Labute approximate surface area is 130 Å². The van der Waals surface area contributed by atoms with Gasteiger partial charge >= 0.3 is 0 Å². The van der Waals surface area contributed by atoms with E-state index in [-0.39, 0.29) is 0 Å². The first-order valence-electron chi connectivity index (χ1n) is 7.11. The Hall–Kier alpha value is -2.75. The van der Waals surface area contributed by atoms with Crippen LogP contribution in [0.5, 0.6) is 0 Å². The zero-order chi connectivity index (χ0) is 15.9. The van der Waals surface area contributed by atoms with Crippen LogP contribution >= 0.6 is 0 Å². The first kappa shape index (κ1) is 15.6. The van der Waals surface area contributed by atoms with Crippen LogP contribution in [0.2, 0.25) is 0 Å². The van der Waals surface area contributed by atoms with Gasteiger partial charge in [0.25, 0.3) is 0 Å². The van der Waals surface area contributed by atoms with E-state index in [1.165, 1.54) is 0 Å². The van der Waals surface area contributed by atoms with Gasteiger partial charge in [-0.2, -0.15) is 0 Å². The van der Waals surface area contributed by atoms with Crippen molar-refractivity contribution in [3.8, 4) is 0 Å². The molecule has 0 aliphatic carbocycles. The highest BCUT2D eigenvalue weighted by atomic mass is 16.1. The van der Waals surface area contributed by atoms with E-state index in [1.54, 1.807) is 12.4 Å². The molecule has 2 N–H and O–H groups in total. The van der Waals surface area contributed by atoms with Crippen LogP contribution in [0.4, 0.5) is 5.69 Å². The highest BCUT2D eigenvalue weighted by molar-refractivity contribution is 6.10. The smallest absolute Gasteiger partial charge is 0.146 e. The molecular weight excluding hydrogens is 274 g/mol. The molecule has 2 rings (SSSR count). The van der Waals surface area contributed by atoms with Gasteiger partial charge < -0.3 is 5.73 Å². The van der Waals surface area contributed by atoms with Gasteiger partial charge in [-0.25, -0.2) is 4.99 Å². The van der Waals surface area contributed by atoms with Crippen LogP contribution in [0.25, 0.3) is 11.6 Å². The van der Waals surface area contributed by atoms with Gasteiger partial charge in [0.1, 0.15) is 12.1 Å². The number of rotatable bonds is 4. The Kier molecular flexibility index (Phi) is 5.20. The minimum Gasteiger partial charge on any atom is -0.387 e. The van der Waals surface area contributed by atoms with E-state index in [2.05, 4.69) is 9.98 Å². The van der Waals surface area contributed by atoms with E-state index >= 15 is 0 Å². The molecule has 0 spiro atoms. The number of carbonyl (C=O) groups is 1. The molecule has 1 heterocycles. The number of hydrogen-bond donors (Lipinski definition) is 1.